The number of carbonyl (C=O) groups excluding carboxylic acids is 1. The van der Waals surface area contributed by atoms with Crippen LogP contribution in [0.3, 0.4) is 0 Å². The highest BCUT2D eigenvalue weighted by Gasteiger charge is 2.28. The van der Waals surface area contributed by atoms with Gasteiger partial charge in [-0.25, -0.2) is 4.98 Å². The highest BCUT2D eigenvalue weighted by Crippen LogP contribution is 2.31. The lowest BCUT2D eigenvalue weighted by Gasteiger charge is -2.13. The number of rotatable bonds is 5. The zero-order valence-electron chi connectivity index (χ0n) is 14.1. The van der Waals surface area contributed by atoms with E-state index >= 15 is 0 Å². The van der Waals surface area contributed by atoms with Gasteiger partial charge in [0.05, 0.1) is 17.3 Å². The molecule has 5 nitrogen and oxygen atoms in total. The number of hydrogen-bond donors (Lipinski definition) is 2. The van der Waals surface area contributed by atoms with Crippen LogP contribution in [0.15, 0.2) is 53.1 Å². The molecular weight excluding hydrogens is 373 g/mol. The molecule has 1 aromatic carbocycles. The Morgan fingerprint density at radius 2 is 2.00 bits per heavy atom. The van der Waals surface area contributed by atoms with Crippen molar-refractivity contribution in [1.82, 2.24) is 10.3 Å². The van der Waals surface area contributed by atoms with Gasteiger partial charge in [-0.3, -0.25) is 4.79 Å². The summed E-state index contributed by atoms with van der Waals surface area (Å²) >= 11 is 0. The fourth-order valence-electron chi connectivity index (χ4n) is 2.91. The number of fused-ring (bicyclic) bond motifs is 1. The van der Waals surface area contributed by atoms with E-state index in [0.717, 1.165) is 23.7 Å². The molecule has 1 unspecified atom stereocenters. The zero-order valence-corrected chi connectivity index (χ0v) is 15.7. The molecule has 0 spiro atoms. The predicted molar refractivity (Wildman–Crippen MR) is 107 cm³/mol. The van der Waals surface area contributed by atoms with Crippen LogP contribution < -0.4 is 11.1 Å². The van der Waals surface area contributed by atoms with Crippen molar-refractivity contribution >= 4 is 41.6 Å². The van der Waals surface area contributed by atoms with Gasteiger partial charge in [0.15, 0.2) is 5.76 Å². The molecular formula is C19H21Cl2N3O2. The first-order valence-corrected chi connectivity index (χ1v) is 8.20. The van der Waals surface area contributed by atoms with Crippen molar-refractivity contribution in [1.29, 1.82) is 0 Å². The average Bonchev–Trinajstić information content (AvgIpc) is 3.32. The number of halogens is 2. The molecule has 1 atom stereocenters. The van der Waals surface area contributed by atoms with Crippen LogP contribution in [0, 0.1) is 5.92 Å². The number of para-hydroxylation sites is 1. The van der Waals surface area contributed by atoms with Crippen LogP contribution in [0.25, 0.3) is 22.4 Å². The zero-order chi connectivity index (χ0) is 16.5. The number of nitrogens with zero attached hydrogens (tertiary/aromatic N) is 1. The topological polar surface area (TPSA) is 81.1 Å². The van der Waals surface area contributed by atoms with Gasteiger partial charge in [-0.15, -0.1) is 24.8 Å². The molecule has 7 heteroatoms. The molecule has 138 valence electrons. The normalized spacial score (nSPS) is 14.2. The molecule has 3 N–H and O–H groups in total. The fraction of sp³-hybridized carbons (Fsp3) is 0.263. The Morgan fingerprint density at radius 3 is 2.69 bits per heavy atom. The minimum absolute atomic E-state index is 0. The van der Waals surface area contributed by atoms with Crippen LogP contribution in [-0.4, -0.2) is 23.5 Å². The fourth-order valence-corrected chi connectivity index (χ4v) is 2.91. The lowest BCUT2D eigenvalue weighted by molar-refractivity contribution is 0.0952. The van der Waals surface area contributed by atoms with E-state index < -0.39 is 0 Å². The van der Waals surface area contributed by atoms with Crippen molar-refractivity contribution in [2.45, 2.75) is 18.9 Å². The van der Waals surface area contributed by atoms with Crippen LogP contribution in [0.1, 0.15) is 23.2 Å². The highest BCUT2D eigenvalue weighted by atomic mass is 35.5. The highest BCUT2D eigenvalue weighted by molar-refractivity contribution is 6.07. The van der Waals surface area contributed by atoms with Crippen molar-refractivity contribution in [2.75, 3.05) is 6.54 Å². The van der Waals surface area contributed by atoms with E-state index in [0.29, 0.717) is 29.5 Å². The first-order valence-electron chi connectivity index (χ1n) is 8.20. The molecule has 0 bridgehead atoms. The number of nitrogens with two attached hydrogens (primary N) is 1. The maximum absolute atomic E-state index is 12.7. The third kappa shape index (κ3) is 4.18. The maximum atomic E-state index is 12.7. The molecule has 0 radical (unpaired) electrons. The summed E-state index contributed by atoms with van der Waals surface area (Å²) in [6.45, 7) is 0.496. The standard InChI is InChI=1S/C19H19N3O2.2ClH/c20-15(12-7-8-12)11-21-19(23)14-10-17(18-6-3-9-24-18)22-16-5-2-1-4-13(14)16;;/h1-6,9-10,12,15H,7-8,11,20H2,(H,21,23);2*1H. The SMILES string of the molecule is Cl.Cl.NC(CNC(=O)c1cc(-c2ccco2)nc2ccccc12)C1CC1. The van der Waals surface area contributed by atoms with Gasteiger partial charge < -0.3 is 15.5 Å². The van der Waals surface area contributed by atoms with Gasteiger partial charge >= 0.3 is 0 Å². The molecule has 1 saturated carbocycles. The second-order valence-electron chi connectivity index (χ2n) is 6.26. The Morgan fingerprint density at radius 1 is 1.23 bits per heavy atom. The molecule has 26 heavy (non-hydrogen) atoms. The van der Waals surface area contributed by atoms with Gasteiger partial charge in [-0.2, -0.15) is 0 Å². The Hall–Kier alpha value is -2.08. The number of nitrogens with one attached hydrogen (secondary N) is 1. The predicted octanol–water partition coefficient (Wildman–Crippen LogP) is 3.81. The summed E-state index contributed by atoms with van der Waals surface area (Å²) in [5.41, 5.74) is 8.09. The largest absolute Gasteiger partial charge is 0.463 e. The van der Waals surface area contributed by atoms with Crippen LogP contribution in [-0.2, 0) is 0 Å². The number of carbonyl (C=O) groups is 1. The van der Waals surface area contributed by atoms with Crippen LogP contribution >= 0.6 is 24.8 Å². The van der Waals surface area contributed by atoms with E-state index in [1.54, 1.807) is 18.4 Å². The number of benzene rings is 1. The summed E-state index contributed by atoms with van der Waals surface area (Å²) in [6, 6.07) is 13.1. The lowest BCUT2D eigenvalue weighted by Crippen LogP contribution is -2.38. The average molecular weight is 394 g/mol. The summed E-state index contributed by atoms with van der Waals surface area (Å²) in [4.78, 5) is 17.3. The van der Waals surface area contributed by atoms with E-state index in [1.165, 1.54) is 0 Å². The minimum atomic E-state index is -0.127. The van der Waals surface area contributed by atoms with E-state index in [1.807, 2.05) is 30.3 Å². The lowest BCUT2D eigenvalue weighted by atomic mass is 10.1. The maximum Gasteiger partial charge on any atom is 0.252 e. The third-order valence-electron chi connectivity index (χ3n) is 4.46. The van der Waals surface area contributed by atoms with Crippen molar-refractivity contribution < 1.29 is 9.21 Å². The number of furan rings is 1. The van der Waals surface area contributed by atoms with Crippen molar-refractivity contribution in [3.8, 4) is 11.5 Å². The molecule has 0 aliphatic heterocycles. The Balaban J connectivity index is 0.00000121. The molecule has 0 saturated heterocycles. The Labute approximate surface area is 164 Å². The number of aromatic nitrogens is 1. The second kappa shape index (κ2) is 8.54. The molecule has 1 fully saturated rings. The quantitative estimate of drug-likeness (QED) is 0.690. The van der Waals surface area contributed by atoms with Crippen LogP contribution in [0.2, 0.25) is 0 Å². The summed E-state index contributed by atoms with van der Waals surface area (Å²) in [6.07, 6.45) is 3.93. The first-order chi connectivity index (χ1) is 11.7. The number of hydrogen-bond acceptors (Lipinski definition) is 4. The molecule has 2 aromatic heterocycles. The van der Waals surface area contributed by atoms with Crippen LogP contribution in [0.4, 0.5) is 0 Å². The van der Waals surface area contributed by atoms with Crippen LogP contribution in [0.5, 0.6) is 0 Å². The molecule has 1 aliphatic carbocycles. The van der Waals surface area contributed by atoms with Gasteiger partial charge in [-0.1, -0.05) is 18.2 Å². The van der Waals surface area contributed by atoms with Gasteiger partial charge in [0, 0.05) is 18.0 Å². The summed E-state index contributed by atoms with van der Waals surface area (Å²) in [7, 11) is 0. The van der Waals surface area contributed by atoms with Crippen molar-refractivity contribution in [3.63, 3.8) is 0 Å². The van der Waals surface area contributed by atoms with E-state index in [4.69, 9.17) is 10.2 Å². The molecule has 1 amide bonds. The van der Waals surface area contributed by atoms with Gasteiger partial charge in [0.25, 0.3) is 5.91 Å². The molecule has 4 rings (SSSR count). The monoisotopic (exact) mass is 393 g/mol. The number of pyridine rings is 1. The Kier molecular flexibility index (Phi) is 6.64. The summed E-state index contributed by atoms with van der Waals surface area (Å²) < 4.78 is 5.43. The van der Waals surface area contributed by atoms with E-state index in [-0.39, 0.29) is 36.8 Å². The molecule has 1 aliphatic rings. The van der Waals surface area contributed by atoms with Crippen molar-refractivity contribution in [3.05, 3.63) is 54.3 Å². The minimum Gasteiger partial charge on any atom is -0.463 e. The third-order valence-corrected chi connectivity index (χ3v) is 4.46. The smallest absolute Gasteiger partial charge is 0.252 e. The summed E-state index contributed by atoms with van der Waals surface area (Å²) in [5, 5.41) is 3.79. The van der Waals surface area contributed by atoms with Gasteiger partial charge in [0.1, 0.15) is 5.69 Å². The second-order valence-corrected chi connectivity index (χ2v) is 6.26. The summed E-state index contributed by atoms with van der Waals surface area (Å²) in [5.74, 6) is 1.07. The number of amides is 1. The van der Waals surface area contributed by atoms with Crippen molar-refractivity contribution in [2.24, 2.45) is 11.7 Å². The van der Waals surface area contributed by atoms with Gasteiger partial charge in [0.2, 0.25) is 0 Å². The first kappa shape index (κ1) is 20.2. The Bertz CT molecular complexity index is 880. The molecule has 2 heterocycles. The van der Waals surface area contributed by atoms with E-state index in [2.05, 4.69) is 10.3 Å². The molecule has 3 aromatic rings. The van der Waals surface area contributed by atoms with Gasteiger partial charge in [-0.05, 0) is 43.0 Å². The van der Waals surface area contributed by atoms with E-state index in [9.17, 15) is 4.79 Å².